The van der Waals surface area contributed by atoms with Crippen LogP contribution < -0.4 is 0 Å². The smallest absolute Gasteiger partial charge is 0.0118 e. The molecule has 0 aromatic carbocycles. The summed E-state index contributed by atoms with van der Waals surface area (Å²) < 4.78 is 0. The highest BCUT2D eigenvalue weighted by molar-refractivity contribution is 5.65. The molecule has 0 amide bonds. The minimum absolute atomic E-state index is 0.552. The zero-order valence-corrected chi connectivity index (χ0v) is 13.4. The van der Waals surface area contributed by atoms with Crippen LogP contribution in [0, 0.1) is 11.8 Å². The standard InChI is InChI=1S/C19H28/c1-8-17-16(7)12-18(14(4)5)19(17)15(6)11-9-10-13(2)3/h8-9,11-14H,1,10H2,2-7H3/b11-9-,19-15+. The maximum absolute atomic E-state index is 3.98. The van der Waals surface area contributed by atoms with Crippen molar-refractivity contribution >= 4 is 0 Å². The highest BCUT2D eigenvalue weighted by atomic mass is 14.2. The molecule has 0 heteroatoms. The molecule has 0 nitrogen and oxygen atoms in total. The van der Waals surface area contributed by atoms with E-state index in [1.165, 1.54) is 27.9 Å². The first-order valence-electron chi connectivity index (χ1n) is 7.31. The molecule has 0 heterocycles. The number of hydrogen-bond donors (Lipinski definition) is 0. The Morgan fingerprint density at radius 2 is 1.89 bits per heavy atom. The molecular formula is C19H28. The second-order valence-electron chi connectivity index (χ2n) is 6.15. The van der Waals surface area contributed by atoms with E-state index in [1.54, 1.807) is 0 Å². The number of hydrogen-bond acceptors (Lipinski definition) is 0. The van der Waals surface area contributed by atoms with E-state index in [0.29, 0.717) is 11.8 Å². The zero-order chi connectivity index (χ0) is 14.6. The normalized spacial score (nSPS) is 18.8. The van der Waals surface area contributed by atoms with Crippen molar-refractivity contribution in [3.05, 3.63) is 58.7 Å². The van der Waals surface area contributed by atoms with Gasteiger partial charge in [0.25, 0.3) is 0 Å². The minimum Gasteiger partial charge on any atom is -0.0984 e. The van der Waals surface area contributed by atoms with Crippen LogP contribution in [-0.4, -0.2) is 0 Å². The molecule has 0 aliphatic heterocycles. The number of allylic oxidation sites excluding steroid dienone is 9. The van der Waals surface area contributed by atoms with E-state index in [0.717, 1.165) is 6.42 Å². The van der Waals surface area contributed by atoms with Crippen LogP contribution in [0.5, 0.6) is 0 Å². The molecule has 0 saturated carbocycles. The van der Waals surface area contributed by atoms with Gasteiger partial charge < -0.3 is 0 Å². The van der Waals surface area contributed by atoms with Gasteiger partial charge in [0.2, 0.25) is 0 Å². The van der Waals surface area contributed by atoms with Crippen molar-refractivity contribution in [2.45, 2.75) is 48.0 Å². The molecule has 0 aromatic rings. The van der Waals surface area contributed by atoms with Crippen LogP contribution in [0.2, 0.25) is 0 Å². The van der Waals surface area contributed by atoms with Gasteiger partial charge >= 0.3 is 0 Å². The largest absolute Gasteiger partial charge is 0.0984 e. The van der Waals surface area contributed by atoms with Crippen molar-refractivity contribution in [3.8, 4) is 0 Å². The van der Waals surface area contributed by atoms with Gasteiger partial charge in [-0.2, -0.15) is 0 Å². The van der Waals surface area contributed by atoms with Gasteiger partial charge in [0.05, 0.1) is 0 Å². The second kappa shape index (κ2) is 6.75. The average molecular weight is 256 g/mol. The van der Waals surface area contributed by atoms with Crippen molar-refractivity contribution < 1.29 is 0 Å². The van der Waals surface area contributed by atoms with Crippen LogP contribution >= 0.6 is 0 Å². The molecular weight excluding hydrogens is 228 g/mol. The summed E-state index contributed by atoms with van der Waals surface area (Å²) in [5.41, 5.74) is 6.83. The van der Waals surface area contributed by atoms with E-state index in [-0.39, 0.29) is 0 Å². The summed E-state index contributed by atoms with van der Waals surface area (Å²) in [5, 5.41) is 0. The lowest BCUT2D eigenvalue weighted by atomic mass is 9.90. The van der Waals surface area contributed by atoms with E-state index in [9.17, 15) is 0 Å². The summed E-state index contributed by atoms with van der Waals surface area (Å²) in [6.07, 6.45) is 10.0. The molecule has 0 saturated heterocycles. The fourth-order valence-corrected chi connectivity index (χ4v) is 2.49. The summed E-state index contributed by atoms with van der Waals surface area (Å²) in [6.45, 7) is 17.4. The van der Waals surface area contributed by atoms with E-state index in [4.69, 9.17) is 0 Å². The van der Waals surface area contributed by atoms with Crippen molar-refractivity contribution in [2.24, 2.45) is 11.8 Å². The van der Waals surface area contributed by atoms with E-state index >= 15 is 0 Å². The maximum atomic E-state index is 3.98. The Labute approximate surface area is 119 Å². The van der Waals surface area contributed by atoms with Gasteiger partial charge in [0.15, 0.2) is 0 Å². The van der Waals surface area contributed by atoms with Crippen LogP contribution in [0.15, 0.2) is 58.7 Å². The topological polar surface area (TPSA) is 0 Å². The number of rotatable bonds is 5. The van der Waals surface area contributed by atoms with Crippen LogP contribution in [0.3, 0.4) is 0 Å². The van der Waals surface area contributed by atoms with Gasteiger partial charge in [0.1, 0.15) is 0 Å². The Kier molecular flexibility index (Phi) is 5.60. The summed E-state index contributed by atoms with van der Waals surface area (Å²) in [4.78, 5) is 0. The van der Waals surface area contributed by atoms with Crippen molar-refractivity contribution in [1.82, 2.24) is 0 Å². The van der Waals surface area contributed by atoms with E-state index in [2.05, 4.69) is 66.3 Å². The maximum Gasteiger partial charge on any atom is -0.0118 e. The zero-order valence-electron chi connectivity index (χ0n) is 13.4. The summed E-state index contributed by atoms with van der Waals surface area (Å²) in [7, 11) is 0. The predicted molar refractivity (Wildman–Crippen MR) is 87.1 cm³/mol. The quantitative estimate of drug-likeness (QED) is 0.565. The molecule has 0 N–H and O–H groups in total. The first-order chi connectivity index (χ1) is 8.88. The minimum atomic E-state index is 0.552. The predicted octanol–water partition coefficient (Wildman–Crippen LogP) is 6.00. The monoisotopic (exact) mass is 256 g/mol. The lowest BCUT2D eigenvalue weighted by molar-refractivity contribution is 0.663. The molecule has 1 rings (SSSR count). The van der Waals surface area contributed by atoms with Crippen molar-refractivity contribution in [3.63, 3.8) is 0 Å². The molecule has 0 bridgehead atoms. The molecule has 0 spiro atoms. The third kappa shape index (κ3) is 3.83. The molecule has 0 aromatic heterocycles. The first kappa shape index (κ1) is 15.8. The fourth-order valence-electron chi connectivity index (χ4n) is 2.49. The van der Waals surface area contributed by atoms with Gasteiger partial charge in [-0.3, -0.25) is 0 Å². The molecule has 1 aliphatic rings. The third-order valence-corrected chi connectivity index (χ3v) is 3.55. The summed E-state index contributed by atoms with van der Waals surface area (Å²) in [6, 6.07) is 0. The van der Waals surface area contributed by atoms with E-state index in [1.807, 2.05) is 6.08 Å². The average Bonchev–Trinajstić information content (AvgIpc) is 2.65. The van der Waals surface area contributed by atoms with Crippen molar-refractivity contribution in [1.29, 1.82) is 0 Å². The Bertz CT molecular complexity index is 462. The van der Waals surface area contributed by atoms with Gasteiger partial charge in [-0.1, -0.05) is 58.6 Å². The van der Waals surface area contributed by atoms with Crippen molar-refractivity contribution in [2.75, 3.05) is 0 Å². The van der Waals surface area contributed by atoms with Gasteiger partial charge in [-0.25, -0.2) is 0 Å². The van der Waals surface area contributed by atoms with Crippen LogP contribution in [-0.2, 0) is 0 Å². The molecule has 104 valence electrons. The summed E-state index contributed by atoms with van der Waals surface area (Å²) >= 11 is 0. The summed E-state index contributed by atoms with van der Waals surface area (Å²) in [5.74, 6) is 1.27. The molecule has 0 atom stereocenters. The van der Waals surface area contributed by atoms with Gasteiger partial charge in [0, 0.05) is 0 Å². The Balaban J connectivity index is 3.14. The highest BCUT2D eigenvalue weighted by Crippen LogP contribution is 2.38. The fraction of sp³-hybridized carbons (Fsp3) is 0.474. The van der Waals surface area contributed by atoms with Crippen LogP contribution in [0.1, 0.15) is 48.0 Å². The molecule has 0 unspecified atom stereocenters. The van der Waals surface area contributed by atoms with Gasteiger partial charge in [-0.15, -0.1) is 0 Å². The Morgan fingerprint density at radius 3 is 2.37 bits per heavy atom. The molecule has 19 heavy (non-hydrogen) atoms. The van der Waals surface area contributed by atoms with Crippen LogP contribution in [0.25, 0.3) is 0 Å². The van der Waals surface area contributed by atoms with E-state index < -0.39 is 0 Å². The Hall–Kier alpha value is -1.30. The molecule has 0 radical (unpaired) electrons. The highest BCUT2D eigenvalue weighted by Gasteiger charge is 2.21. The second-order valence-corrected chi connectivity index (χ2v) is 6.15. The lowest BCUT2D eigenvalue weighted by Crippen LogP contribution is -1.98. The lowest BCUT2D eigenvalue weighted by Gasteiger charge is -2.14. The first-order valence-corrected chi connectivity index (χ1v) is 7.31. The third-order valence-electron chi connectivity index (χ3n) is 3.55. The van der Waals surface area contributed by atoms with Gasteiger partial charge in [-0.05, 0) is 60.0 Å². The van der Waals surface area contributed by atoms with Crippen LogP contribution in [0.4, 0.5) is 0 Å². The SMILES string of the molecule is C=CC1=C(C)C=C(C(C)C)/C1=C(C)/C=C\CC(C)C. The molecule has 0 fully saturated rings. The Morgan fingerprint density at radius 1 is 1.26 bits per heavy atom. The molecule has 1 aliphatic carbocycles.